The van der Waals surface area contributed by atoms with E-state index < -0.39 is 11.7 Å². The fraction of sp³-hybridized carbons (Fsp3) is 0.533. The molecule has 1 aromatic rings. The zero-order valence-corrected chi connectivity index (χ0v) is 12.3. The molecule has 0 bridgehead atoms. The lowest BCUT2D eigenvalue weighted by atomic mass is 10.1. The number of carbonyl (C=O) groups excluding carboxylic acids is 1. The van der Waals surface area contributed by atoms with E-state index in [1.54, 1.807) is 12.1 Å². The van der Waals surface area contributed by atoms with Crippen LogP contribution >= 0.6 is 0 Å². The smallest absolute Gasteiger partial charge is 0.253 e. The van der Waals surface area contributed by atoms with Crippen molar-refractivity contribution in [3.05, 3.63) is 29.6 Å². The van der Waals surface area contributed by atoms with Gasteiger partial charge in [-0.25, -0.2) is 4.39 Å². The Labute approximate surface area is 124 Å². The van der Waals surface area contributed by atoms with Crippen LogP contribution < -0.4 is 10.6 Å². The number of hydrogen-bond acceptors (Lipinski definition) is 4. The summed E-state index contributed by atoms with van der Waals surface area (Å²) < 4.78 is 13.8. The number of primary amides is 1. The number of hydrogen-bond donors (Lipinski definition) is 2. The van der Waals surface area contributed by atoms with E-state index in [9.17, 15) is 14.3 Å². The van der Waals surface area contributed by atoms with Gasteiger partial charge in [-0.15, -0.1) is 0 Å². The molecule has 1 unspecified atom stereocenters. The van der Waals surface area contributed by atoms with Crippen molar-refractivity contribution in [3.8, 4) is 0 Å². The van der Waals surface area contributed by atoms with Gasteiger partial charge in [-0.3, -0.25) is 9.69 Å². The maximum absolute atomic E-state index is 13.8. The highest BCUT2D eigenvalue weighted by Crippen LogP contribution is 2.24. The lowest BCUT2D eigenvalue weighted by Gasteiger charge is -2.37. The van der Waals surface area contributed by atoms with E-state index in [1.165, 1.54) is 6.07 Å². The van der Waals surface area contributed by atoms with Crippen LogP contribution in [0.2, 0.25) is 0 Å². The Bertz CT molecular complexity index is 502. The fourth-order valence-corrected chi connectivity index (χ4v) is 2.62. The second-order valence-corrected chi connectivity index (χ2v) is 5.35. The summed E-state index contributed by atoms with van der Waals surface area (Å²) in [6.45, 7) is 5.50. The van der Waals surface area contributed by atoms with Crippen LogP contribution in [0.5, 0.6) is 0 Å². The van der Waals surface area contributed by atoms with E-state index in [0.717, 1.165) is 19.5 Å². The maximum atomic E-state index is 13.8. The van der Waals surface area contributed by atoms with Gasteiger partial charge in [0.1, 0.15) is 5.82 Å². The second kappa shape index (κ2) is 6.87. The van der Waals surface area contributed by atoms with Crippen LogP contribution in [0.25, 0.3) is 0 Å². The van der Waals surface area contributed by atoms with Gasteiger partial charge in [-0.05, 0) is 18.6 Å². The number of nitrogens with zero attached hydrogens (tertiary/aromatic N) is 2. The Balaban J connectivity index is 2.06. The highest BCUT2D eigenvalue weighted by molar-refractivity contribution is 5.99. The van der Waals surface area contributed by atoms with Crippen molar-refractivity contribution in [1.82, 2.24) is 4.90 Å². The summed E-state index contributed by atoms with van der Waals surface area (Å²) in [6, 6.07) is 4.56. The number of benzene rings is 1. The SMILES string of the molecule is CCC(O)CN1CCN(c2cccc(F)c2C(N)=O)CC1. The third kappa shape index (κ3) is 3.71. The standard InChI is InChI=1S/C15H22FN3O2/c1-2-11(20)10-18-6-8-19(9-7-18)13-5-3-4-12(16)14(13)15(17)21/h3-5,11,20H,2,6-10H2,1H3,(H2,17,21). The van der Waals surface area contributed by atoms with E-state index in [4.69, 9.17) is 5.73 Å². The summed E-state index contributed by atoms with van der Waals surface area (Å²) in [5.41, 5.74) is 5.80. The first kappa shape index (κ1) is 15.7. The molecule has 0 saturated carbocycles. The average molecular weight is 295 g/mol. The molecular weight excluding hydrogens is 273 g/mol. The molecule has 1 aromatic carbocycles. The van der Waals surface area contributed by atoms with Gasteiger partial charge in [0.25, 0.3) is 5.91 Å². The van der Waals surface area contributed by atoms with Gasteiger partial charge in [0, 0.05) is 32.7 Å². The lowest BCUT2D eigenvalue weighted by molar-refractivity contribution is 0.0996. The molecule has 0 spiro atoms. The number of anilines is 1. The van der Waals surface area contributed by atoms with Crippen LogP contribution in [-0.2, 0) is 0 Å². The second-order valence-electron chi connectivity index (χ2n) is 5.35. The molecule has 5 nitrogen and oxygen atoms in total. The van der Waals surface area contributed by atoms with Crippen LogP contribution in [0.3, 0.4) is 0 Å². The zero-order valence-electron chi connectivity index (χ0n) is 12.3. The van der Waals surface area contributed by atoms with Crippen molar-refractivity contribution in [2.24, 2.45) is 5.73 Å². The number of amides is 1. The van der Waals surface area contributed by atoms with Crippen molar-refractivity contribution in [2.75, 3.05) is 37.6 Å². The third-order valence-corrected chi connectivity index (χ3v) is 3.89. The summed E-state index contributed by atoms with van der Waals surface area (Å²) in [4.78, 5) is 15.6. The van der Waals surface area contributed by atoms with E-state index in [-0.39, 0.29) is 11.7 Å². The molecule has 1 fully saturated rings. The normalized spacial score (nSPS) is 17.8. The molecule has 1 saturated heterocycles. The first-order valence-electron chi connectivity index (χ1n) is 7.26. The average Bonchev–Trinajstić information content (AvgIpc) is 2.47. The molecule has 6 heteroatoms. The number of β-amino-alcohol motifs (C(OH)–C–C–N with tert-alkyl or cyclic N) is 1. The molecule has 1 heterocycles. The van der Waals surface area contributed by atoms with Gasteiger partial charge in [-0.1, -0.05) is 13.0 Å². The minimum atomic E-state index is -0.744. The van der Waals surface area contributed by atoms with Gasteiger partial charge in [0.15, 0.2) is 0 Å². The number of rotatable bonds is 5. The summed E-state index contributed by atoms with van der Waals surface area (Å²) in [6.07, 6.45) is 0.419. The minimum absolute atomic E-state index is 0.0421. The van der Waals surface area contributed by atoms with Crippen molar-refractivity contribution in [1.29, 1.82) is 0 Å². The van der Waals surface area contributed by atoms with E-state index >= 15 is 0 Å². The zero-order chi connectivity index (χ0) is 15.4. The highest BCUT2D eigenvalue weighted by atomic mass is 19.1. The van der Waals surface area contributed by atoms with Gasteiger partial charge in [-0.2, -0.15) is 0 Å². The Morgan fingerprint density at radius 3 is 2.62 bits per heavy atom. The Hall–Kier alpha value is -1.66. The van der Waals surface area contributed by atoms with E-state index in [0.29, 0.717) is 25.3 Å². The molecule has 0 aliphatic carbocycles. The molecular formula is C15H22FN3O2. The summed E-state index contributed by atoms with van der Waals surface area (Å²) in [5.74, 6) is -1.32. The fourth-order valence-electron chi connectivity index (χ4n) is 2.62. The number of aliphatic hydroxyl groups is 1. The van der Waals surface area contributed by atoms with Crippen molar-refractivity contribution >= 4 is 11.6 Å². The van der Waals surface area contributed by atoms with Crippen molar-refractivity contribution < 1.29 is 14.3 Å². The Morgan fingerprint density at radius 2 is 2.05 bits per heavy atom. The highest BCUT2D eigenvalue weighted by Gasteiger charge is 2.23. The number of piperazine rings is 1. The van der Waals surface area contributed by atoms with E-state index in [1.807, 2.05) is 11.8 Å². The summed E-state index contributed by atoms with van der Waals surface area (Å²) >= 11 is 0. The molecule has 0 aromatic heterocycles. The molecule has 21 heavy (non-hydrogen) atoms. The minimum Gasteiger partial charge on any atom is -0.392 e. The summed E-state index contributed by atoms with van der Waals surface area (Å²) in [7, 11) is 0. The molecule has 1 amide bonds. The number of carbonyl (C=O) groups is 1. The van der Waals surface area contributed by atoms with Gasteiger partial charge in [0.2, 0.25) is 0 Å². The molecule has 0 radical (unpaired) electrons. The van der Waals surface area contributed by atoms with E-state index in [2.05, 4.69) is 4.90 Å². The van der Waals surface area contributed by atoms with Crippen LogP contribution in [0.4, 0.5) is 10.1 Å². The predicted molar refractivity (Wildman–Crippen MR) is 79.9 cm³/mol. The first-order chi connectivity index (χ1) is 10.0. The Morgan fingerprint density at radius 1 is 1.38 bits per heavy atom. The maximum Gasteiger partial charge on any atom is 0.253 e. The number of halogens is 1. The van der Waals surface area contributed by atoms with Gasteiger partial charge < -0.3 is 15.7 Å². The number of nitrogens with two attached hydrogens (primary N) is 1. The molecule has 2 rings (SSSR count). The quantitative estimate of drug-likeness (QED) is 0.844. The van der Waals surface area contributed by atoms with Crippen LogP contribution in [0.15, 0.2) is 18.2 Å². The third-order valence-electron chi connectivity index (χ3n) is 3.89. The Kier molecular flexibility index (Phi) is 5.14. The van der Waals surface area contributed by atoms with Crippen LogP contribution in [0.1, 0.15) is 23.7 Å². The largest absolute Gasteiger partial charge is 0.392 e. The van der Waals surface area contributed by atoms with Crippen LogP contribution in [0, 0.1) is 5.82 Å². The van der Waals surface area contributed by atoms with Crippen LogP contribution in [-0.4, -0.2) is 54.7 Å². The topological polar surface area (TPSA) is 69.8 Å². The van der Waals surface area contributed by atoms with Crippen molar-refractivity contribution in [2.45, 2.75) is 19.4 Å². The molecule has 1 aliphatic rings. The summed E-state index contributed by atoms with van der Waals surface area (Å²) in [5, 5.41) is 9.68. The predicted octanol–water partition coefficient (Wildman–Crippen LogP) is 0.818. The molecule has 1 aliphatic heterocycles. The molecule has 1 atom stereocenters. The monoisotopic (exact) mass is 295 g/mol. The first-order valence-corrected chi connectivity index (χ1v) is 7.26. The molecule has 116 valence electrons. The molecule has 3 N–H and O–H groups in total. The van der Waals surface area contributed by atoms with Gasteiger partial charge >= 0.3 is 0 Å². The lowest BCUT2D eigenvalue weighted by Crippen LogP contribution is -2.49. The van der Waals surface area contributed by atoms with Gasteiger partial charge in [0.05, 0.1) is 17.4 Å². The van der Waals surface area contributed by atoms with Crippen molar-refractivity contribution in [3.63, 3.8) is 0 Å². The number of aliphatic hydroxyl groups excluding tert-OH is 1.